The number of phenolic OH excluding ortho intramolecular Hbond substituents is 1. The molecule has 2 rings (SSSR count). The van der Waals surface area contributed by atoms with Crippen molar-refractivity contribution in [3.8, 4) is 5.75 Å². The van der Waals surface area contributed by atoms with E-state index in [4.69, 9.17) is 4.74 Å². The van der Waals surface area contributed by atoms with E-state index < -0.39 is 0 Å². The summed E-state index contributed by atoms with van der Waals surface area (Å²) in [5, 5.41) is 10.8. The lowest BCUT2D eigenvalue weighted by molar-refractivity contribution is 0.185. The van der Waals surface area contributed by atoms with Crippen LogP contribution in [0.3, 0.4) is 0 Å². The van der Waals surface area contributed by atoms with Gasteiger partial charge in [-0.05, 0) is 26.0 Å². The number of phenols is 1. The molecule has 86 valence electrons. The molecule has 0 spiro atoms. The van der Waals surface area contributed by atoms with Crippen molar-refractivity contribution in [2.24, 2.45) is 0 Å². The number of hydrogen-bond acceptors (Lipinski definition) is 2. The lowest BCUT2D eigenvalue weighted by Crippen LogP contribution is -1.97. The van der Waals surface area contributed by atoms with E-state index in [1.54, 1.807) is 13.2 Å². The third kappa shape index (κ3) is 1.67. The van der Waals surface area contributed by atoms with E-state index in [2.05, 4.69) is 24.6 Å². The molecular formula is C13H17NO2. The Kier molecular flexibility index (Phi) is 2.88. The van der Waals surface area contributed by atoms with Gasteiger partial charge >= 0.3 is 0 Å². The van der Waals surface area contributed by atoms with Crippen LogP contribution in [0.2, 0.25) is 0 Å². The van der Waals surface area contributed by atoms with E-state index in [0.29, 0.717) is 18.4 Å². The predicted molar refractivity (Wildman–Crippen MR) is 64.7 cm³/mol. The molecule has 0 saturated carbocycles. The van der Waals surface area contributed by atoms with Gasteiger partial charge in [0.15, 0.2) is 0 Å². The van der Waals surface area contributed by atoms with Crippen molar-refractivity contribution in [3.63, 3.8) is 0 Å². The Morgan fingerprint density at radius 3 is 2.75 bits per heavy atom. The average Bonchev–Trinajstić information content (AvgIpc) is 2.59. The van der Waals surface area contributed by atoms with Gasteiger partial charge in [-0.1, -0.05) is 6.07 Å². The van der Waals surface area contributed by atoms with Gasteiger partial charge in [-0.2, -0.15) is 0 Å². The van der Waals surface area contributed by atoms with Crippen LogP contribution < -0.4 is 0 Å². The third-order valence-electron chi connectivity index (χ3n) is 2.77. The van der Waals surface area contributed by atoms with Crippen LogP contribution in [0, 0.1) is 0 Å². The molecular weight excluding hydrogens is 202 g/mol. The average molecular weight is 219 g/mol. The number of ether oxygens (including phenoxy) is 1. The molecule has 16 heavy (non-hydrogen) atoms. The van der Waals surface area contributed by atoms with E-state index in [-0.39, 0.29) is 0 Å². The Morgan fingerprint density at radius 2 is 2.12 bits per heavy atom. The van der Waals surface area contributed by atoms with E-state index in [1.165, 1.54) is 0 Å². The summed E-state index contributed by atoms with van der Waals surface area (Å²) in [6, 6.07) is 5.97. The molecule has 1 N–H and O–H groups in total. The SMILES string of the molecule is COCc1cn(C(C)C)c2cccc(O)c12. The Labute approximate surface area is 95.3 Å². The number of aromatic hydroxyl groups is 1. The van der Waals surface area contributed by atoms with Gasteiger partial charge in [-0.25, -0.2) is 0 Å². The summed E-state index contributed by atoms with van der Waals surface area (Å²) in [6.07, 6.45) is 2.05. The number of hydrogen-bond donors (Lipinski definition) is 1. The van der Waals surface area contributed by atoms with E-state index in [1.807, 2.05) is 12.1 Å². The molecule has 0 aliphatic carbocycles. The van der Waals surface area contributed by atoms with Crippen LogP contribution >= 0.6 is 0 Å². The standard InChI is InChI=1S/C13H17NO2/c1-9(2)14-7-10(8-16-3)13-11(14)5-4-6-12(13)15/h4-7,9,15H,8H2,1-3H3. The van der Waals surface area contributed by atoms with Crippen molar-refractivity contribution in [1.29, 1.82) is 0 Å². The minimum absolute atomic E-state index is 0.323. The van der Waals surface area contributed by atoms with Crippen LogP contribution in [0.5, 0.6) is 5.75 Å². The van der Waals surface area contributed by atoms with Gasteiger partial charge < -0.3 is 14.4 Å². The number of aromatic nitrogens is 1. The molecule has 0 saturated heterocycles. The van der Waals surface area contributed by atoms with Crippen LogP contribution in [0.15, 0.2) is 24.4 Å². The molecule has 3 nitrogen and oxygen atoms in total. The number of nitrogens with zero attached hydrogens (tertiary/aromatic N) is 1. The number of benzene rings is 1. The first-order valence-electron chi connectivity index (χ1n) is 5.45. The van der Waals surface area contributed by atoms with Crippen molar-refractivity contribution < 1.29 is 9.84 Å². The minimum atomic E-state index is 0.323. The van der Waals surface area contributed by atoms with Crippen molar-refractivity contribution in [3.05, 3.63) is 30.0 Å². The van der Waals surface area contributed by atoms with E-state index >= 15 is 0 Å². The fourth-order valence-electron chi connectivity index (χ4n) is 2.07. The van der Waals surface area contributed by atoms with Crippen molar-refractivity contribution >= 4 is 10.9 Å². The Hall–Kier alpha value is -1.48. The molecule has 0 bridgehead atoms. The highest BCUT2D eigenvalue weighted by molar-refractivity contribution is 5.89. The molecule has 0 aliphatic heterocycles. The van der Waals surface area contributed by atoms with E-state index in [9.17, 15) is 5.11 Å². The summed E-state index contributed by atoms with van der Waals surface area (Å²) >= 11 is 0. The highest BCUT2D eigenvalue weighted by atomic mass is 16.5. The van der Waals surface area contributed by atoms with E-state index in [0.717, 1.165) is 16.5 Å². The first-order valence-corrected chi connectivity index (χ1v) is 5.45. The van der Waals surface area contributed by atoms with Crippen molar-refractivity contribution in [1.82, 2.24) is 4.57 Å². The normalized spacial score (nSPS) is 11.5. The molecule has 0 atom stereocenters. The van der Waals surface area contributed by atoms with Crippen LogP contribution in [-0.4, -0.2) is 16.8 Å². The molecule has 0 unspecified atom stereocenters. The summed E-state index contributed by atoms with van der Waals surface area (Å²) in [6.45, 7) is 4.77. The number of methoxy groups -OCH3 is 1. The summed E-state index contributed by atoms with van der Waals surface area (Å²) in [4.78, 5) is 0. The van der Waals surface area contributed by atoms with Gasteiger partial charge in [0.05, 0.1) is 12.1 Å². The van der Waals surface area contributed by atoms with Crippen LogP contribution in [-0.2, 0) is 11.3 Å². The molecule has 0 radical (unpaired) electrons. The Morgan fingerprint density at radius 1 is 1.38 bits per heavy atom. The van der Waals surface area contributed by atoms with Crippen LogP contribution in [0.1, 0.15) is 25.5 Å². The largest absolute Gasteiger partial charge is 0.507 e. The van der Waals surface area contributed by atoms with Gasteiger partial charge in [0, 0.05) is 30.3 Å². The third-order valence-corrected chi connectivity index (χ3v) is 2.77. The highest BCUT2D eigenvalue weighted by Crippen LogP contribution is 2.31. The Bertz CT molecular complexity index is 500. The molecule has 0 fully saturated rings. The molecule has 1 heterocycles. The second-order valence-electron chi connectivity index (χ2n) is 4.26. The second-order valence-corrected chi connectivity index (χ2v) is 4.26. The monoisotopic (exact) mass is 219 g/mol. The zero-order chi connectivity index (χ0) is 11.7. The molecule has 3 heteroatoms. The topological polar surface area (TPSA) is 34.4 Å². The van der Waals surface area contributed by atoms with Gasteiger partial charge in [0.25, 0.3) is 0 Å². The Balaban J connectivity index is 2.71. The first kappa shape index (κ1) is 11.0. The van der Waals surface area contributed by atoms with Gasteiger partial charge in [-0.3, -0.25) is 0 Å². The van der Waals surface area contributed by atoms with Gasteiger partial charge in [0.2, 0.25) is 0 Å². The molecule has 2 aromatic rings. The lowest BCUT2D eigenvalue weighted by Gasteiger charge is -2.08. The molecule has 0 aliphatic rings. The maximum absolute atomic E-state index is 9.90. The quantitative estimate of drug-likeness (QED) is 0.860. The van der Waals surface area contributed by atoms with Crippen molar-refractivity contribution in [2.75, 3.05) is 7.11 Å². The predicted octanol–water partition coefficient (Wildman–Crippen LogP) is 3.07. The highest BCUT2D eigenvalue weighted by Gasteiger charge is 2.13. The van der Waals surface area contributed by atoms with Crippen molar-refractivity contribution in [2.45, 2.75) is 26.5 Å². The van der Waals surface area contributed by atoms with Gasteiger partial charge in [0.1, 0.15) is 5.75 Å². The van der Waals surface area contributed by atoms with Gasteiger partial charge in [-0.15, -0.1) is 0 Å². The number of fused-ring (bicyclic) bond motifs is 1. The maximum atomic E-state index is 9.90. The minimum Gasteiger partial charge on any atom is -0.507 e. The molecule has 1 aromatic heterocycles. The zero-order valence-electron chi connectivity index (χ0n) is 9.90. The summed E-state index contributed by atoms with van der Waals surface area (Å²) in [7, 11) is 1.67. The summed E-state index contributed by atoms with van der Waals surface area (Å²) < 4.78 is 7.32. The fourth-order valence-corrected chi connectivity index (χ4v) is 2.07. The fraction of sp³-hybridized carbons (Fsp3) is 0.385. The lowest BCUT2D eigenvalue weighted by atomic mass is 10.1. The summed E-state index contributed by atoms with van der Waals surface area (Å²) in [5.74, 6) is 0.323. The smallest absolute Gasteiger partial charge is 0.125 e. The maximum Gasteiger partial charge on any atom is 0.125 e. The molecule has 1 aromatic carbocycles. The van der Waals surface area contributed by atoms with Crippen LogP contribution in [0.25, 0.3) is 10.9 Å². The second kappa shape index (κ2) is 4.18. The number of rotatable bonds is 3. The molecule has 0 amide bonds. The first-order chi connectivity index (χ1) is 7.65. The zero-order valence-corrected chi connectivity index (χ0v) is 9.90. The van der Waals surface area contributed by atoms with Crippen LogP contribution in [0.4, 0.5) is 0 Å². The summed E-state index contributed by atoms with van der Waals surface area (Å²) in [5.41, 5.74) is 2.09.